The van der Waals surface area contributed by atoms with Crippen molar-refractivity contribution in [2.75, 3.05) is 11.9 Å². The molecular formula is C20H18FN3O2. The van der Waals surface area contributed by atoms with Gasteiger partial charge in [-0.05, 0) is 49.7 Å². The van der Waals surface area contributed by atoms with Gasteiger partial charge in [0.2, 0.25) is 0 Å². The van der Waals surface area contributed by atoms with E-state index in [0.717, 1.165) is 17.3 Å². The molecule has 3 aromatic rings. The Hall–Kier alpha value is -3.15. The van der Waals surface area contributed by atoms with Gasteiger partial charge in [0.25, 0.3) is 11.8 Å². The van der Waals surface area contributed by atoms with Gasteiger partial charge in [0.05, 0.1) is 0 Å². The fourth-order valence-electron chi connectivity index (χ4n) is 3.40. The van der Waals surface area contributed by atoms with E-state index in [4.69, 9.17) is 0 Å². The molecule has 0 saturated carbocycles. The highest BCUT2D eigenvalue weighted by atomic mass is 19.1. The van der Waals surface area contributed by atoms with E-state index in [2.05, 4.69) is 17.6 Å². The van der Waals surface area contributed by atoms with Gasteiger partial charge >= 0.3 is 0 Å². The van der Waals surface area contributed by atoms with E-state index in [1.54, 1.807) is 24.3 Å². The molecule has 0 fully saturated rings. The lowest BCUT2D eigenvalue weighted by molar-refractivity contribution is 0.0950. The van der Waals surface area contributed by atoms with Crippen LogP contribution in [0.25, 0.3) is 10.9 Å². The second kappa shape index (κ2) is 6.29. The van der Waals surface area contributed by atoms with E-state index in [0.29, 0.717) is 23.5 Å². The largest absolute Gasteiger partial charge is 0.351 e. The molecule has 2 heterocycles. The minimum Gasteiger partial charge on any atom is -0.351 e. The van der Waals surface area contributed by atoms with Crippen LogP contribution in [-0.2, 0) is 0 Å². The van der Waals surface area contributed by atoms with E-state index >= 15 is 0 Å². The first-order chi connectivity index (χ1) is 12.5. The number of anilines is 1. The molecule has 2 aromatic carbocycles. The van der Waals surface area contributed by atoms with Crippen LogP contribution in [-0.4, -0.2) is 22.9 Å². The van der Waals surface area contributed by atoms with E-state index < -0.39 is 5.82 Å². The summed E-state index contributed by atoms with van der Waals surface area (Å²) in [4.78, 5) is 24.8. The zero-order valence-corrected chi connectivity index (χ0v) is 14.3. The smallest absolute Gasteiger partial charge is 0.267 e. The number of hydrogen-bond acceptors (Lipinski definition) is 2. The van der Waals surface area contributed by atoms with Crippen molar-refractivity contribution in [1.29, 1.82) is 0 Å². The van der Waals surface area contributed by atoms with E-state index in [-0.39, 0.29) is 17.9 Å². The van der Waals surface area contributed by atoms with Gasteiger partial charge in [-0.25, -0.2) is 4.39 Å². The molecule has 1 atom stereocenters. The minimum absolute atomic E-state index is 0.101. The molecule has 2 amide bonds. The van der Waals surface area contributed by atoms with Crippen molar-refractivity contribution >= 4 is 28.4 Å². The third-order valence-corrected chi connectivity index (χ3v) is 4.71. The molecule has 0 spiro atoms. The summed E-state index contributed by atoms with van der Waals surface area (Å²) in [6.07, 6.45) is 0.822. The summed E-state index contributed by atoms with van der Waals surface area (Å²) in [5, 5.41) is 6.50. The number of halogens is 1. The highest BCUT2D eigenvalue weighted by Gasteiger charge is 2.23. The molecule has 6 heteroatoms. The third kappa shape index (κ3) is 2.83. The van der Waals surface area contributed by atoms with Gasteiger partial charge < -0.3 is 15.2 Å². The second-order valence-electron chi connectivity index (χ2n) is 6.53. The number of rotatable bonds is 2. The zero-order chi connectivity index (χ0) is 18.3. The summed E-state index contributed by atoms with van der Waals surface area (Å²) >= 11 is 0. The van der Waals surface area contributed by atoms with Crippen molar-refractivity contribution in [3.8, 4) is 0 Å². The number of amides is 2. The molecule has 0 radical (unpaired) electrons. The third-order valence-electron chi connectivity index (χ3n) is 4.71. The lowest BCUT2D eigenvalue weighted by Gasteiger charge is -2.14. The summed E-state index contributed by atoms with van der Waals surface area (Å²) in [5.41, 5.74) is 2.31. The maximum absolute atomic E-state index is 13.3. The number of benzene rings is 2. The number of carbonyl (C=O) groups excluding carboxylic acids is 2. The van der Waals surface area contributed by atoms with Gasteiger partial charge in [0.15, 0.2) is 0 Å². The first kappa shape index (κ1) is 16.3. The van der Waals surface area contributed by atoms with Gasteiger partial charge in [-0.15, -0.1) is 0 Å². The van der Waals surface area contributed by atoms with Gasteiger partial charge in [-0.1, -0.05) is 12.1 Å². The average Bonchev–Trinajstić information content (AvgIpc) is 2.93. The van der Waals surface area contributed by atoms with Crippen LogP contribution < -0.4 is 10.6 Å². The molecule has 0 bridgehead atoms. The van der Waals surface area contributed by atoms with Crippen LogP contribution in [0.5, 0.6) is 0 Å². The van der Waals surface area contributed by atoms with E-state index in [1.807, 2.05) is 16.7 Å². The predicted octanol–water partition coefficient (Wildman–Crippen LogP) is 3.73. The number of carbonyl (C=O) groups is 2. The van der Waals surface area contributed by atoms with Crippen molar-refractivity contribution < 1.29 is 14.0 Å². The van der Waals surface area contributed by atoms with Crippen LogP contribution in [0.2, 0.25) is 0 Å². The van der Waals surface area contributed by atoms with Crippen molar-refractivity contribution in [3.05, 3.63) is 65.6 Å². The Kier molecular flexibility index (Phi) is 3.95. The van der Waals surface area contributed by atoms with E-state index in [9.17, 15) is 14.0 Å². The maximum Gasteiger partial charge on any atom is 0.267 e. The molecule has 4 rings (SSSR count). The topological polar surface area (TPSA) is 63.1 Å². The average molecular weight is 351 g/mol. The van der Waals surface area contributed by atoms with Crippen molar-refractivity contribution in [3.63, 3.8) is 0 Å². The van der Waals surface area contributed by atoms with Gasteiger partial charge in [-0.3, -0.25) is 9.59 Å². The lowest BCUT2D eigenvalue weighted by atomic mass is 10.1. The molecule has 1 aliphatic heterocycles. The SMILES string of the molecule is CC1CCNC(=O)c2cc3ccc(C(=O)Nc4cccc(F)c4)cc3n21. The van der Waals surface area contributed by atoms with Crippen molar-refractivity contribution in [2.24, 2.45) is 0 Å². The Morgan fingerprint density at radius 1 is 1.23 bits per heavy atom. The van der Waals surface area contributed by atoms with Gasteiger partial charge in [0.1, 0.15) is 11.5 Å². The van der Waals surface area contributed by atoms with Crippen molar-refractivity contribution in [1.82, 2.24) is 9.88 Å². The highest BCUT2D eigenvalue weighted by Crippen LogP contribution is 2.28. The summed E-state index contributed by atoms with van der Waals surface area (Å²) in [6, 6.07) is 13.1. The Bertz CT molecular complexity index is 1030. The quantitative estimate of drug-likeness (QED) is 0.739. The Morgan fingerprint density at radius 2 is 2.08 bits per heavy atom. The summed E-state index contributed by atoms with van der Waals surface area (Å²) in [5.74, 6) is -0.829. The molecule has 132 valence electrons. The number of fused-ring (bicyclic) bond motifs is 3. The monoisotopic (exact) mass is 351 g/mol. The summed E-state index contributed by atoms with van der Waals surface area (Å²) in [7, 11) is 0. The first-order valence-electron chi connectivity index (χ1n) is 8.53. The fourth-order valence-corrected chi connectivity index (χ4v) is 3.40. The highest BCUT2D eigenvalue weighted by molar-refractivity contribution is 6.07. The van der Waals surface area contributed by atoms with E-state index in [1.165, 1.54) is 12.1 Å². The summed E-state index contributed by atoms with van der Waals surface area (Å²) in [6.45, 7) is 2.69. The molecule has 1 unspecified atom stereocenters. The Labute approximate surface area is 149 Å². The molecule has 26 heavy (non-hydrogen) atoms. The number of aromatic nitrogens is 1. The lowest BCUT2D eigenvalue weighted by Crippen LogP contribution is -2.22. The molecule has 1 aromatic heterocycles. The molecule has 2 N–H and O–H groups in total. The van der Waals surface area contributed by atoms with Gasteiger partial charge in [-0.2, -0.15) is 0 Å². The second-order valence-corrected chi connectivity index (χ2v) is 6.53. The maximum atomic E-state index is 13.3. The predicted molar refractivity (Wildman–Crippen MR) is 98.0 cm³/mol. The molecule has 5 nitrogen and oxygen atoms in total. The Balaban J connectivity index is 1.73. The zero-order valence-electron chi connectivity index (χ0n) is 14.3. The van der Waals surface area contributed by atoms with Crippen molar-refractivity contribution in [2.45, 2.75) is 19.4 Å². The number of nitrogens with zero attached hydrogens (tertiary/aromatic N) is 1. The van der Waals surface area contributed by atoms with Crippen LogP contribution in [0.4, 0.5) is 10.1 Å². The molecule has 0 saturated heterocycles. The molecule has 1 aliphatic rings. The van der Waals surface area contributed by atoms with Crippen LogP contribution >= 0.6 is 0 Å². The van der Waals surface area contributed by atoms with Crippen LogP contribution in [0, 0.1) is 5.82 Å². The fraction of sp³-hybridized carbons (Fsp3) is 0.200. The Morgan fingerprint density at radius 3 is 2.88 bits per heavy atom. The molecule has 0 aliphatic carbocycles. The van der Waals surface area contributed by atoms with Crippen LogP contribution in [0.15, 0.2) is 48.5 Å². The number of nitrogens with one attached hydrogen (secondary N) is 2. The summed E-state index contributed by atoms with van der Waals surface area (Å²) < 4.78 is 15.3. The minimum atomic E-state index is -0.407. The first-order valence-corrected chi connectivity index (χ1v) is 8.53. The standard InChI is InChI=1S/C20H18FN3O2/c1-12-7-8-22-20(26)18-9-13-5-6-14(10-17(13)24(12)18)19(25)23-16-4-2-3-15(21)11-16/h2-6,9-12H,7-8H2,1H3,(H,22,26)(H,23,25). The number of hydrogen-bond donors (Lipinski definition) is 2. The normalized spacial score (nSPS) is 16.7. The van der Waals surface area contributed by atoms with Gasteiger partial charge in [0, 0.05) is 34.7 Å². The molecular weight excluding hydrogens is 333 g/mol. The van der Waals surface area contributed by atoms with Crippen LogP contribution in [0.1, 0.15) is 40.2 Å². The van der Waals surface area contributed by atoms with Crippen LogP contribution in [0.3, 0.4) is 0 Å².